The van der Waals surface area contributed by atoms with Crippen molar-refractivity contribution in [1.29, 1.82) is 0 Å². The predicted octanol–water partition coefficient (Wildman–Crippen LogP) is 1.50. The number of hydrogen-bond donors (Lipinski definition) is 2. The van der Waals surface area contributed by atoms with E-state index in [2.05, 4.69) is 14.8 Å². The molecule has 0 radical (unpaired) electrons. The summed E-state index contributed by atoms with van der Waals surface area (Å²) in [7, 11) is 0. The van der Waals surface area contributed by atoms with E-state index in [0.717, 1.165) is 11.9 Å². The highest BCUT2D eigenvalue weighted by Crippen LogP contribution is 1.99. The summed E-state index contributed by atoms with van der Waals surface area (Å²) >= 11 is 1.07. The molecule has 0 aliphatic carbocycles. The molecule has 0 atom stereocenters. The van der Waals surface area contributed by atoms with Crippen LogP contribution in [-0.4, -0.2) is 24.0 Å². The molecule has 2 N–H and O–H groups in total. The first-order chi connectivity index (χ1) is 5.85. The Kier molecular flexibility index (Phi) is 4.61. The third kappa shape index (κ3) is 7.45. The molecule has 76 valence electrons. The van der Waals surface area contributed by atoms with E-state index in [1.54, 1.807) is 27.0 Å². The van der Waals surface area contributed by atoms with Crippen LogP contribution < -0.4 is 10.0 Å². The van der Waals surface area contributed by atoms with Gasteiger partial charge in [0, 0.05) is 11.8 Å². The van der Waals surface area contributed by atoms with Gasteiger partial charge >= 0.3 is 12.2 Å². The molecular weight excluding hydrogens is 192 g/mol. The second-order valence-electron chi connectivity index (χ2n) is 3.36. The molecule has 2 amide bonds. The lowest BCUT2D eigenvalue weighted by Gasteiger charge is -2.19. The summed E-state index contributed by atoms with van der Waals surface area (Å²) in [5, 5.41) is 2.48. The zero-order valence-electron chi connectivity index (χ0n) is 8.13. The monoisotopic (exact) mass is 206 g/mol. The maximum Gasteiger partial charge on any atom is 0.426 e. The van der Waals surface area contributed by atoms with Crippen molar-refractivity contribution in [2.45, 2.75) is 26.3 Å². The summed E-state index contributed by atoms with van der Waals surface area (Å²) in [5.41, 5.74) is -0.406. The molecule has 0 spiro atoms. The van der Waals surface area contributed by atoms with Gasteiger partial charge in [-0.05, 0) is 20.8 Å². The van der Waals surface area contributed by atoms with Crippen molar-refractivity contribution < 1.29 is 14.3 Å². The topological polar surface area (TPSA) is 67.4 Å². The van der Waals surface area contributed by atoms with Crippen LogP contribution in [0, 0.1) is 0 Å². The minimum absolute atomic E-state index is 0.406. The van der Waals surface area contributed by atoms with Gasteiger partial charge in [0.1, 0.15) is 0 Å². The van der Waals surface area contributed by atoms with Crippen molar-refractivity contribution in [3.8, 4) is 0 Å². The number of amides is 2. The van der Waals surface area contributed by atoms with E-state index in [1.807, 2.05) is 0 Å². The largest absolute Gasteiger partial charge is 0.426 e. The molecule has 0 fully saturated rings. The molecule has 0 rings (SSSR count). The molecule has 6 heteroatoms. The highest BCUT2D eigenvalue weighted by Gasteiger charge is 2.16. The second kappa shape index (κ2) is 4.96. The first-order valence-corrected chi connectivity index (χ1v) is 4.90. The molecule has 0 aliphatic heterocycles. The number of carbonyl (C=O) groups is 2. The van der Waals surface area contributed by atoms with Crippen molar-refractivity contribution in [3.05, 3.63) is 0 Å². The van der Waals surface area contributed by atoms with E-state index in [4.69, 9.17) is 0 Å². The van der Waals surface area contributed by atoms with Gasteiger partial charge in [-0.3, -0.25) is 4.72 Å². The number of nitrogens with one attached hydrogen (secondary N) is 2. The first-order valence-electron chi connectivity index (χ1n) is 3.68. The van der Waals surface area contributed by atoms with Crippen LogP contribution in [0.1, 0.15) is 20.8 Å². The van der Waals surface area contributed by atoms with Crippen LogP contribution in [0.25, 0.3) is 0 Å². The Morgan fingerprint density at radius 3 is 2.15 bits per heavy atom. The molecule has 0 saturated carbocycles. The van der Waals surface area contributed by atoms with Gasteiger partial charge in [-0.25, -0.2) is 9.59 Å². The van der Waals surface area contributed by atoms with E-state index in [0.29, 0.717) is 0 Å². The Bertz CT molecular complexity index is 200. The highest BCUT2D eigenvalue weighted by molar-refractivity contribution is 7.97. The Morgan fingerprint density at radius 1 is 1.23 bits per heavy atom. The van der Waals surface area contributed by atoms with Gasteiger partial charge in [-0.15, -0.1) is 0 Å². The van der Waals surface area contributed by atoms with Crippen molar-refractivity contribution in [1.82, 2.24) is 10.0 Å². The van der Waals surface area contributed by atoms with Gasteiger partial charge in [0.2, 0.25) is 0 Å². The molecule has 0 aromatic carbocycles. The number of alkyl carbamates (subject to hydrolysis) is 1. The molecule has 0 saturated heterocycles. The van der Waals surface area contributed by atoms with Crippen molar-refractivity contribution in [3.63, 3.8) is 0 Å². The summed E-state index contributed by atoms with van der Waals surface area (Å²) in [6, 6.07) is 0. The quantitative estimate of drug-likeness (QED) is 0.504. The van der Waals surface area contributed by atoms with Gasteiger partial charge in [0.25, 0.3) is 0 Å². The number of rotatable bonds is 1. The number of ether oxygens (including phenoxy) is 1. The van der Waals surface area contributed by atoms with Gasteiger partial charge in [0.15, 0.2) is 0 Å². The van der Waals surface area contributed by atoms with Gasteiger partial charge < -0.3 is 10.1 Å². The summed E-state index contributed by atoms with van der Waals surface area (Å²) in [6.07, 6.45) is 0.136. The average Bonchev–Trinajstić information content (AvgIpc) is 1.81. The normalized spacial score (nSPS) is 10.5. The fraction of sp³-hybridized carbons (Fsp3) is 0.714. The number of carbonyl (C=O) groups excluding carboxylic acids is 2. The van der Waals surface area contributed by atoms with Crippen LogP contribution >= 0.6 is 11.9 Å². The third-order valence-corrected chi connectivity index (χ3v) is 1.22. The molecule has 0 bridgehead atoms. The lowest BCUT2D eigenvalue weighted by Crippen LogP contribution is -2.42. The first kappa shape index (κ1) is 12.1. The Hall–Kier alpha value is -0.910. The molecule has 0 aromatic heterocycles. The summed E-state index contributed by atoms with van der Waals surface area (Å²) in [4.78, 5) is 21.7. The second-order valence-corrected chi connectivity index (χ2v) is 3.97. The van der Waals surface area contributed by atoms with Crippen molar-refractivity contribution >= 4 is 24.1 Å². The molecule has 0 heterocycles. The Balaban J connectivity index is 3.82. The number of hydrogen-bond acceptors (Lipinski definition) is 4. The van der Waals surface area contributed by atoms with Crippen LogP contribution in [-0.2, 0) is 4.74 Å². The smallest absolute Gasteiger partial charge is 0.359 e. The van der Waals surface area contributed by atoms with E-state index >= 15 is 0 Å². The van der Waals surface area contributed by atoms with E-state index < -0.39 is 17.7 Å². The summed E-state index contributed by atoms with van der Waals surface area (Å²) in [6.45, 7) is 5.38. The molecule has 0 aromatic rings. The summed E-state index contributed by atoms with van der Waals surface area (Å²) in [5.74, 6) is 0. The maximum atomic E-state index is 10.9. The van der Waals surface area contributed by atoms with Crippen LogP contribution in [0.2, 0.25) is 0 Å². The molecule has 0 unspecified atom stereocenters. The lowest BCUT2D eigenvalue weighted by atomic mass is 10.1. The van der Waals surface area contributed by atoms with Crippen molar-refractivity contribution in [2.75, 3.05) is 6.26 Å². The maximum absolute atomic E-state index is 10.9. The molecule has 13 heavy (non-hydrogen) atoms. The van der Waals surface area contributed by atoms with E-state index in [1.165, 1.54) is 0 Å². The van der Waals surface area contributed by atoms with Crippen LogP contribution in [0.4, 0.5) is 9.59 Å². The predicted molar refractivity (Wildman–Crippen MR) is 51.4 cm³/mol. The average molecular weight is 206 g/mol. The van der Waals surface area contributed by atoms with Crippen LogP contribution in [0.3, 0.4) is 0 Å². The standard InChI is InChI=1S/C7H14N2O3S/c1-7(2,3)8-5(10)12-6(11)9-13-4/h1-4H3,(H,8,10)(H,9,11). The minimum Gasteiger partial charge on any atom is -0.359 e. The third-order valence-electron chi connectivity index (χ3n) is 0.848. The van der Waals surface area contributed by atoms with Crippen LogP contribution in [0.15, 0.2) is 0 Å². The Morgan fingerprint density at radius 2 is 1.77 bits per heavy atom. The fourth-order valence-electron chi connectivity index (χ4n) is 0.520. The minimum atomic E-state index is -0.769. The SMILES string of the molecule is CSNC(=O)OC(=O)NC(C)(C)C. The van der Waals surface area contributed by atoms with E-state index in [-0.39, 0.29) is 0 Å². The van der Waals surface area contributed by atoms with Gasteiger partial charge in [-0.2, -0.15) is 0 Å². The molecular formula is C7H14N2O3S. The molecule has 5 nitrogen and oxygen atoms in total. The van der Waals surface area contributed by atoms with Crippen molar-refractivity contribution in [2.24, 2.45) is 0 Å². The van der Waals surface area contributed by atoms with Gasteiger partial charge in [0.05, 0.1) is 0 Å². The fourth-order valence-corrected chi connectivity index (χ4v) is 0.728. The van der Waals surface area contributed by atoms with E-state index in [9.17, 15) is 9.59 Å². The lowest BCUT2D eigenvalue weighted by molar-refractivity contribution is 0.149. The summed E-state index contributed by atoms with van der Waals surface area (Å²) < 4.78 is 6.60. The van der Waals surface area contributed by atoms with Gasteiger partial charge in [-0.1, -0.05) is 11.9 Å². The van der Waals surface area contributed by atoms with Crippen LogP contribution in [0.5, 0.6) is 0 Å². The zero-order chi connectivity index (χ0) is 10.5. The zero-order valence-corrected chi connectivity index (χ0v) is 8.95. The molecule has 0 aliphatic rings. The highest BCUT2D eigenvalue weighted by atomic mass is 32.2. The Labute approximate surface area is 81.7 Å².